The van der Waals surface area contributed by atoms with Gasteiger partial charge in [-0.25, -0.2) is 9.10 Å². The quantitative estimate of drug-likeness (QED) is 0.283. The number of unbranched alkanes of at least 4 members (excludes halogenated alkanes) is 1. The Kier molecular flexibility index (Phi) is 9.26. The van der Waals surface area contributed by atoms with Crippen molar-refractivity contribution in [2.75, 3.05) is 23.8 Å². The standard InChI is InChI=1S/C10H15Cl3N2O2S3/c1-2-3-4-15(20-10(11,12)13)9(16)17-14-8-7-18-5-6-19-8/h2-7H2,1H3. The molecule has 4 nitrogen and oxygen atoms in total. The van der Waals surface area contributed by atoms with E-state index >= 15 is 0 Å². The summed E-state index contributed by atoms with van der Waals surface area (Å²) in [5.41, 5.74) is 0. The molecule has 0 aliphatic carbocycles. The van der Waals surface area contributed by atoms with Gasteiger partial charge in [-0.2, -0.15) is 11.8 Å². The van der Waals surface area contributed by atoms with Crippen molar-refractivity contribution in [2.24, 2.45) is 5.16 Å². The number of thioether (sulfide) groups is 2. The molecule has 0 saturated carbocycles. The Morgan fingerprint density at radius 2 is 2.25 bits per heavy atom. The molecule has 0 unspecified atom stereocenters. The Labute approximate surface area is 146 Å². The zero-order valence-electron chi connectivity index (χ0n) is 10.8. The van der Waals surface area contributed by atoms with Gasteiger partial charge in [0.15, 0.2) is 0 Å². The molecule has 1 aliphatic rings. The molecule has 116 valence electrons. The van der Waals surface area contributed by atoms with Gasteiger partial charge in [-0.1, -0.05) is 53.3 Å². The molecule has 1 aliphatic heterocycles. The lowest BCUT2D eigenvalue weighted by Gasteiger charge is -2.22. The minimum atomic E-state index is -1.60. The molecule has 0 N–H and O–H groups in total. The molecule has 10 heteroatoms. The van der Waals surface area contributed by atoms with Gasteiger partial charge in [0.1, 0.15) is 5.04 Å². The monoisotopic (exact) mass is 396 g/mol. The van der Waals surface area contributed by atoms with Gasteiger partial charge in [-0.05, 0) is 6.42 Å². The highest BCUT2D eigenvalue weighted by molar-refractivity contribution is 8.18. The van der Waals surface area contributed by atoms with Gasteiger partial charge in [0, 0.05) is 35.8 Å². The van der Waals surface area contributed by atoms with Crippen molar-refractivity contribution in [1.82, 2.24) is 4.31 Å². The van der Waals surface area contributed by atoms with Crippen LogP contribution in [0.5, 0.6) is 0 Å². The number of halogens is 3. The van der Waals surface area contributed by atoms with Crippen LogP contribution in [0.2, 0.25) is 0 Å². The number of nitrogens with zero attached hydrogens (tertiary/aromatic N) is 2. The Morgan fingerprint density at radius 3 is 2.80 bits per heavy atom. The number of hydrogen-bond donors (Lipinski definition) is 0. The topological polar surface area (TPSA) is 41.9 Å². The molecule has 1 rings (SSSR count). The average molecular weight is 398 g/mol. The molecule has 0 aromatic rings. The van der Waals surface area contributed by atoms with Crippen LogP contribution in [-0.2, 0) is 4.84 Å². The van der Waals surface area contributed by atoms with Gasteiger partial charge in [-0.3, -0.25) is 4.84 Å². The maximum absolute atomic E-state index is 12.0. The Balaban J connectivity index is 2.53. The largest absolute Gasteiger partial charge is 0.446 e. The van der Waals surface area contributed by atoms with Crippen LogP contribution in [0.3, 0.4) is 0 Å². The fourth-order valence-corrected chi connectivity index (χ4v) is 4.62. The molecule has 0 aromatic heterocycles. The van der Waals surface area contributed by atoms with Gasteiger partial charge in [-0.15, -0.1) is 11.8 Å². The van der Waals surface area contributed by atoms with E-state index in [1.807, 2.05) is 6.92 Å². The number of carbonyl (C=O) groups excluding carboxylic acids is 1. The van der Waals surface area contributed by atoms with E-state index in [0.29, 0.717) is 6.54 Å². The second-order valence-corrected chi connectivity index (χ2v) is 10.2. The third kappa shape index (κ3) is 8.34. The molecule has 0 bridgehead atoms. The predicted octanol–water partition coefficient (Wildman–Crippen LogP) is 4.99. The predicted molar refractivity (Wildman–Crippen MR) is 93.2 cm³/mol. The zero-order valence-corrected chi connectivity index (χ0v) is 15.5. The van der Waals surface area contributed by atoms with Crippen LogP contribution < -0.4 is 0 Å². The second-order valence-electron chi connectivity index (χ2n) is 3.74. The van der Waals surface area contributed by atoms with Gasteiger partial charge >= 0.3 is 6.09 Å². The van der Waals surface area contributed by atoms with E-state index in [1.54, 1.807) is 23.5 Å². The summed E-state index contributed by atoms with van der Waals surface area (Å²) in [4.78, 5) is 16.9. The Morgan fingerprint density at radius 1 is 1.50 bits per heavy atom. The van der Waals surface area contributed by atoms with Crippen LogP contribution in [0, 0.1) is 0 Å². The van der Waals surface area contributed by atoms with Crippen LogP contribution in [0.1, 0.15) is 19.8 Å². The van der Waals surface area contributed by atoms with Crippen LogP contribution in [-0.4, -0.2) is 42.4 Å². The molecule has 0 aromatic carbocycles. The molecule has 0 atom stereocenters. The van der Waals surface area contributed by atoms with Gasteiger partial charge in [0.2, 0.25) is 0 Å². The summed E-state index contributed by atoms with van der Waals surface area (Å²) in [5, 5.41) is 4.68. The van der Waals surface area contributed by atoms with Crippen molar-refractivity contribution in [3.8, 4) is 0 Å². The van der Waals surface area contributed by atoms with Crippen molar-refractivity contribution in [3.05, 3.63) is 0 Å². The summed E-state index contributed by atoms with van der Waals surface area (Å²) in [6, 6.07) is 0. The lowest BCUT2D eigenvalue weighted by Crippen LogP contribution is -2.28. The van der Waals surface area contributed by atoms with E-state index in [2.05, 4.69) is 5.16 Å². The van der Waals surface area contributed by atoms with Crippen LogP contribution in [0.4, 0.5) is 4.79 Å². The number of hydrogen-bond acceptors (Lipinski definition) is 6. The SMILES string of the molecule is CCCCN(SC(Cl)(Cl)Cl)C(=O)ON=C1CSCCS1. The number of carbonyl (C=O) groups is 1. The first kappa shape index (κ1) is 18.9. The maximum atomic E-state index is 12.0. The smallest absolute Gasteiger partial charge is 0.296 e. The third-order valence-electron chi connectivity index (χ3n) is 2.08. The van der Waals surface area contributed by atoms with E-state index < -0.39 is 9.22 Å². The first-order valence-corrected chi connectivity index (χ1v) is 9.99. The molecule has 0 radical (unpaired) electrons. The molecule has 1 fully saturated rings. The summed E-state index contributed by atoms with van der Waals surface area (Å²) < 4.78 is -0.309. The van der Waals surface area contributed by atoms with Crippen molar-refractivity contribution in [1.29, 1.82) is 0 Å². The van der Waals surface area contributed by atoms with Gasteiger partial charge < -0.3 is 0 Å². The fraction of sp³-hybridized carbons (Fsp3) is 0.800. The van der Waals surface area contributed by atoms with E-state index in [-0.39, 0.29) is 0 Å². The summed E-state index contributed by atoms with van der Waals surface area (Å²) in [6.45, 7) is 2.46. The van der Waals surface area contributed by atoms with E-state index in [9.17, 15) is 4.79 Å². The molecular weight excluding hydrogens is 383 g/mol. The number of rotatable bonds is 5. The summed E-state index contributed by atoms with van der Waals surface area (Å²) >= 11 is 21.3. The number of oxime groups is 1. The highest BCUT2D eigenvalue weighted by atomic mass is 35.6. The lowest BCUT2D eigenvalue weighted by atomic mass is 10.3. The number of amides is 1. The Bertz CT molecular complexity index is 345. The molecule has 1 saturated heterocycles. The number of alkyl halides is 3. The second kappa shape index (κ2) is 9.79. The van der Waals surface area contributed by atoms with E-state index in [4.69, 9.17) is 39.6 Å². The normalized spacial score (nSPS) is 18.1. The van der Waals surface area contributed by atoms with Crippen LogP contribution >= 0.6 is 70.3 Å². The van der Waals surface area contributed by atoms with Crippen molar-refractivity contribution in [3.63, 3.8) is 0 Å². The molecule has 1 amide bonds. The van der Waals surface area contributed by atoms with Gasteiger partial charge in [0.05, 0.1) is 0 Å². The molecule has 0 spiro atoms. The van der Waals surface area contributed by atoms with E-state index in [0.717, 1.165) is 47.1 Å². The van der Waals surface area contributed by atoms with Gasteiger partial charge in [0.25, 0.3) is 3.12 Å². The fourth-order valence-electron chi connectivity index (χ4n) is 1.21. The Hall–Kier alpha value is 0.860. The third-order valence-corrected chi connectivity index (χ3v) is 5.83. The average Bonchev–Trinajstić information content (AvgIpc) is 2.40. The minimum absolute atomic E-state index is 0.445. The summed E-state index contributed by atoms with van der Waals surface area (Å²) in [5.74, 6) is 2.83. The highest BCUT2D eigenvalue weighted by Gasteiger charge is 2.29. The first-order chi connectivity index (χ1) is 9.42. The molecule has 1 heterocycles. The molecule has 20 heavy (non-hydrogen) atoms. The van der Waals surface area contributed by atoms with Crippen LogP contribution in [0.25, 0.3) is 0 Å². The summed E-state index contributed by atoms with van der Waals surface area (Å²) in [7, 11) is 0. The maximum Gasteiger partial charge on any atom is 0.446 e. The zero-order chi connectivity index (χ0) is 15.0. The van der Waals surface area contributed by atoms with Crippen molar-refractivity contribution in [2.45, 2.75) is 22.9 Å². The van der Waals surface area contributed by atoms with Crippen LogP contribution in [0.15, 0.2) is 5.16 Å². The first-order valence-electron chi connectivity index (χ1n) is 5.94. The van der Waals surface area contributed by atoms with Crippen molar-refractivity contribution < 1.29 is 9.63 Å². The minimum Gasteiger partial charge on any atom is -0.296 e. The molecular formula is C10H15Cl3N2O2S3. The highest BCUT2D eigenvalue weighted by Crippen LogP contribution is 2.41. The lowest BCUT2D eigenvalue weighted by molar-refractivity contribution is 0.132. The van der Waals surface area contributed by atoms with Crippen molar-refractivity contribution >= 4 is 81.4 Å². The summed E-state index contributed by atoms with van der Waals surface area (Å²) in [6.07, 6.45) is 1.10. The van der Waals surface area contributed by atoms with E-state index in [1.165, 1.54) is 4.31 Å².